The fourth-order valence-corrected chi connectivity index (χ4v) is 2.00. The van der Waals surface area contributed by atoms with Crippen molar-refractivity contribution in [1.29, 1.82) is 0 Å². The summed E-state index contributed by atoms with van der Waals surface area (Å²) >= 11 is 0. The molecule has 0 bridgehead atoms. The number of halogens is 1. The molecule has 0 fully saturated rings. The molecule has 1 aromatic carbocycles. The minimum absolute atomic E-state index is 0.247. The summed E-state index contributed by atoms with van der Waals surface area (Å²) in [6.45, 7) is 1.23. The standard InChI is InChI=1S/C15H17FN4O/c1-20(9-11-5-7-12(16)8-6-11)10-13-3-2-4-14(18-13)15(21)19-17/h2-8H,9-10,17H2,1H3,(H,19,21). The average molecular weight is 288 g/mol. The molecule has 0 saturated carbocycles. The molecule has 2 aromatic rings. The normalized spacial score (nSPS) is 10.7. The van der Waals surface area contributed by atoms with Crippen molar-refractivity contribution in [1.82, 2.24) is 15.3 Å². The lowest BCUT2D eigenvalue weighted by molar-refractivity contribution is 0.0948. The molecular formula is C15H17FN4O. The number of nitrogens with zero attached hydrogens (tertiary/aromatic N) is 2. The highest BCUT2D eigenvalue weighted by atomic mass is 19.1. The number of nitrogens with one attached hydrogen (secondary N) is 1. The van der Waals surface area contributed by atoms with Gasteiger partial charge < -0.3 is 0 Å². The Morgan fingerprint density at radius 1 is 1.24 bits per heavy atom. The van der Waals surface area contributed by atoms with Crippen LogP contribution in [-0.2, 0) is 13.1 Å². The summed E-state index contributed by atoms with van der Waals surface area (Å²) in [5, 5.41) is 0. The van der Waals surface area contributed by atoms with Gasteiger partial charge in [0, 0.05) is 13.1 Å². The Labute approximate surface area is 122 Å². The van der Waals surface area contributed by atoms with E-state index in [0.29, 0.717) is 13.1 Å². The first-order valence-corrected chi connectivity index (χ1v) is 6.48. The first-order valence-electron chi connectivity index (χ1n) is 6.48. The average Bonchev–Trinajstić information content (AvgIpc) is 2.49. The Morgan fingerprint density at radius 2 is 1.95 bits per heavy atom. The highest BCUT2D eigenvalue weighted by Crippen LogP contribution is 2.08. The minimum Gasteiger partial charge on any atom is -0.296 e. The van der Waals surface area contributed by atoms with Crippen LogP contribution in [0.15, 0.2) is 42.5 Å². The summed E-state index contributed by atoms with van der Waals surface area (Å²) in [4.78, 5) is 17.7. The van der Waals surface area contributed by atoms with Crippen molar-refractivity contribution in [3.8, 4) is 0 Å². The SMILES string of the molecule is CN(Cc1ccc(F)cc1)Cc1cccc(C(=O)NN)n1. The maximum Gasteiger partial charge on any atom is 0.283 e. The number of hydrogen-bond acceptors (Lipinski definition) is 4. The van der Waals surface area contributed by atoms with Crippen molar-refractivity contribution in [2.45, 2.75) is 13.1 Å². The van der Waals surface area contributed by atoms with Crippen LogP contribution in [0.25, 0.3) is 0 Å². The molecule has 0 aliphatic heterocycles. The highest BCUT2D eigenvalue weighted by molar-refractivity contribution is 5.91. The van der Waals surface area contributed by atoms with Gasteiger partial charge in [0.2, 0.25) is 0 Å². The fraction of sp³-hybridized carbons (Fsp3) is 0.200. The lowest BCUT2D eigenvalue weighted by atomic mass is 10.2. The molecule has 2 rings (SSSR count). The predicted molar refractivity (Wildman–Crippen MR) is 77.5 cm³/mol. The molecule has 1 amide bonds. The summed E-state index contributed by atoms with van der Waals surface area (Å²) in [6.07, 6.45) is 0. The first kappa shape index (κ1) is 15.1. The topological polar surface area (TPSA) is 71.2 Å². The highest BCUT2D eigenvalue weighted by Gasteiger charge is 2.08. The van der Waals surface area contributed by atoms with E-state index < -0.39 is 5.91 Å². The van der Waals surface area contributed by atoms with Gasteiger partial charge in [-0.1, -0.05) is 18.2 Å². The molecule has 1 heterocycles. The second-order valence-corrected chi connectivity index (χ2v) is 4.79. The Balaban J connectivity index is 2.00. The van der Waals surface area contributed by atoms with Crippen LogP contribution >= 0.6 is 0 Å². The largest absolute Gasteiger partial charge is 0.296 e. The van der Waals surface area contributed by atoms with Gasteiger partial charge in [0.25, 0.3) is 5.91 Å². The van der Waals surface area contributed by atoms with Crippen molar-refractivity contribution in [3.63, 3.8) is 0 Å². The van der Waals surface area contributed by atoms with Crippen LogP contribution in [0.3, 0.4) is 0 Å². The van der Waals surface area contributed by atoms with E-state index >= 15 is 0 Å². The molecule has 0 unspecified atom stereocenters. The van der Waals surface area contributed by atoms with E-state index in [9.17, 15) is 9.18 Å². The second-order valence-electron chi connectivity index (χ2n) is 4.79. The summed E-state index contributed by atoms with van der Waals surface area (Å²) in [7, 11) is 1.93. The third-order valence-corrected chi connectivity index (χ3v) is 2.97. The fourth-order valence-electron chi connectivity index (χ4n) is 2.00. The lowest BCUT2D eigenvalue weighted by Gasteiger charge is -2.16. The van der Waals surface area contributed by atoms with Gasteiger partial charge in [-0.3, -0.25) is 15.1 Å². The summed E-state index contributed by atoms with van der Waals surface area (Å²) in [5.41, 5.74) is 4.11. The molecule has 3 N–H and O–H groups in total. The van der Waals surface area contributed by atoms with Crippen LogP contribution in [0.5, 0.6) is 0 Å². The Bertz CT molecular complexity index is 615. The number of benzene rings is 1. The maximum absolute atomic E-state index is 12.9. The molecule has 0 aliphatic rings. The number of hydrogen-bond donors (Lipinski definition) is 2. The lowest BCUT2D eigenvalue weighted by Crippen LogP contribution is -2.31. The molecule has 110 valence electrons. The van der Waals surface area contributed by atoms with E-state index in [1.54, 1.807) is 24.3 Å². The zero-order valence-corrected chi connectivity index (χ0v) is 11.7. The second kappa shape index (κ2) is 6.92. The van der Waals surface area contributed by atoms with Crippen molar-refractivity contribution in [2.24, 2.45) is 5.84 Å². The van der Waals surface area contributed by atoms with Crippen LogP contribution in [0.4, 0.5) is 4.39 Å². The van der Waals surface area contributed by atoms with Gasteiger partial charge in [-0.25, -0.2) is 15.2 Å². The van der Waals surface area contributed by atoms with Crippen LogP contribution in [0, 0.1) is 5.82 Å². The van der Waals surface area contributed by atoms with E-state index in [1.165, 1.54) is 12.1 Å². The number of nitrogen functional groups attached to an aromatic ring is 1. The number of aromatic nitrogens is 1. The van der Waals surface area contributed by atoms with Crippen LogP contribution in [0.1, 0.15) is 21.7 Å². The molecule has 0 saturated heterocycles. The van der Waals surface area contributed by atoms with Gasteiger partial charge in [0.15, 0.2) is 0 Å². The van der Waals surface area contributed by atoms with Crippen molar-refractivity contribution in [2.75, 3.05) is 7.05 Å². The van der Waals surface area contributed by atoms with Crippen LogP contribution in [0.2, 0.25) is 0 Å². The van der Waals surface area contributed by atoms with E-state index in [-0.39, 0.29) is 11.5 Å². The third-order valence-electron chi connectivity index (χ3n) is 2.97. The molecule has 0 atom stereocenters. The molecule has 0 radical (unpaired) electrons. The molecule has 0 spiro atoms. The number of carbonyl (C=O) groups excluding carboxylic acids is 1. The van der Waals surface area contributed by atoms with E-state index in [0.717, 1.165) is 11.3 Å². The number of carbonyl (C=O) groups is 1. The van der Waals surface area contributed by atoms with Crippen LogP contribution in [-0.4, -0.2) is 22.8 Å². The van der Waals surface area contributed by atoms with Crippen molar-refractivity contribution < 1.29 is 9.18 Å². The molecule has 5 nitrogen and oxygen atoms in total. The molecule has 1 aromatic heterocycles. The number of amides is 1. The van der Waals surface area contributed by atoms with E-state index in [4.69, 9.17) is 5.84 Å². The number of nitrogens with two attached hydrogens (primary N) is 1. The Morgan fingerprint density at radius 3 is 2.62 bits per heavy atom. The zero-order valence-electron chi connectivity index (χ0n) is 11.7. The minimum atomic E-state index is -0.418. The smallest absolute Gasteiger partial charge is 0.283 e. The van der Waals surface area contributed by atoms with Gasteiger partial charge in [-0.05, 0) is 36.9 Å². The molecule has 6 heteroatoms. The monoisotopic (exact) mass is 288 g/mol. The van der Waals surface area contributed by atoms with E-state index in [2.05, 4.69) is 10.4 Å². The zero-order chi connectivity index (χ0) is 15.2. The van der Waals surface area contributed by atoms with Gasteiger partial charge >= 0.3 is 0 Å². The van der Waals surface area contributed by atoms with Gasteiger partial charge in [0.05, 0.1) is 5.69 Å². The Kier molecular flexibility index (Phi) is 4.97. The first-order chi connectivity index (χ1) is 10.1. The maximum atomic E-state index is 12.9. The van der Waals surface area contributed by atoms with E-state index in [1.807, 2.05) is 18.0 Å². The van der Waals surface area contributed by atoms with Gasteiger partial charge in [0.1, 0.15) is 11.5 Å². The summed E-state index contributed by atoms with van der Waals surface area (Å²) in [5.74, 6) is 4.42. The molecule has 0 aliphatic carbocycles. The van der Waals surface area contributed by atoms with Gasteiger partial charge in [-0.2, -0.15) is 0 Å². The number of hydrazine groups is 1. The predicted octanol–water partition coefficient (Wildman–Crippen LogP) is 1.46. The Hall–Kier alpha value is -2.31. The number of rotatable bonds is 5. The van der Waals surface area contributed by atoms with Crippen LogP contribution < -0.4 is 11.3 Å². The molecule has 21 heavy (non-hydrogen) atoms. The summed E-state index contributed by atoms with van der Waals surface area (Å²) in [6, 6.07) is 11.6. The third kappa shape index (κ3) is 4.34. The van der Waals surface area contributed by atoms with Gasteiger partial charge in [-0.15, -0.1) is 0 Å². The van der Waals surface area contributed by atoms with Crippen molar-refractivity contribution in [3.05, 3.63) is 65.2 Å². The quantitative estimate of drug-likeness (QED) is 0.496. The summed E-state index contributed by atoms with van der Waals surface area (Å²) < 4.78 is 12.9. The van der Waals surface area contributed by atoms with Crippen molar-refractivity contribution >= 4 is 5.91 Å². The molecular weight excluding hydrogens is 271 g/mol. The number of pyridine rings is 1.